The number of anilines is 1. The van der Waals surface area contributed by atoms with Gasteiger partial charge < -0.3 is 5.32 Å². The van der Waals surface area contributed by atoms with Gasteiger partial charge in [0.15, 0.2) is 0 Å². The third kappa shape index (κ3) is 3.13. The van der Waals surface area contributed by atoms with E-state index < -0.39 is 0 Å². The van der Waals surface area contributed by atoms with Crippen LogP contribution < -0.4 is 5.32 Å². The molecule has 4 nitrogen and oxygen atoms in total. The van der Waals surface area contributed by atoms with E-state index in [4.69, 9.17) is 0 Å². The summed E-state index contributed by atoms with van der Waals surface area (Å²) in [5, 5.41) is 3.14. The molecule has 0 aliphatic rings. The van der Waals surface area contributed by atoms with E-state index in [1.807, 2.05) is 25.3 Å². The van der Waals surface area contributed by atoms with E-state index in [-0.39, 0.29) is 0 Å². The molecule has 0 spiro atoms. The van der Waals surface area contributed by atoms with Crippen molar-refractivity contribution >= 4 is 28.5 Å². The highest BCUT2D eigenvalue weighted by atomic mass is 127. The molecule has 0 fully saturated rings. The van der Waals surface area contributed by atoms with Crippen LogP contribution in [0.5, 0.6) is 0 Å². The van der Waals surface area contributed by atoms with Gasteiger partial charge in [-0.05, 0) is 41.1 Å². The molecule has 0 atom stereocenters. The van der Waals surface area contributed by atoms with Gasteiger partial charge in [0.2, 0.25) is 5.95 Å². The van der Waals surface area contributed by atoms with Crippen LogP contribution in [0.1, 0.15) is 11.3 Å². The second kappa shape index (κ2) is 5.20. The number of nitrogens with one attached hydrogen (secondary N) is 1. The lowest BCUT2D eigenvalue weighted by molar-refractivity contribution is 1.03. The first-order valence-corrected chi connectivity index (χ1v) is 5.95. The summed E-state index contributed by atoms with van der Waals surface area (Å²) in [5.41, 5.74) is 2.14. The Morgan fingerprint density at radius 2 is 1.88 bits per heavy atom. The van der Waals surface area contributed by atoms with Gasteiger partial charge in [-0.2, -0.15) is 0 Å². The Morgan fingerprint density at radius 1 is 1.12 bits per heavy atom. The largest absolute Gasteiger partial charge is 0.350 e. The zero-order chi connectivity index (χ0) is 11.4. The molecule has 0 bridgehead atoms. The van der Waals surface area contributed by atoms with Crippen LogP contribution in [0, 0.1) is 10.5 Å². The smallest absolute Gasteiger partial charge is 0.222 e. The summed E-state index contributed by atoms with van der Waals surface area (Å²) in [6, 6.07) is 4.04. The van der Waals surface area contributed by atoms with Gasteiger partial charge in [0.25, 0.3) is 0 Å². The Labute approximate surface area is 108 Å². The monoisotopic (exact) mass is 326 g/mol. The van der Waals surface area contributed by atoms with Gasteiger partial charge in [-0.3, -0.25) is 4.98 Å². The molecule has 2 aromatic rings. The van der Waals surface area contributed by atoms with Crippen LogP contribution in [-0.2, 0) is 6.54 Å². The maximum absolute atomic E-state index is 4.22. The summed E-state index contributed by atoms with van der Waals surface area (Å²) in [6.07, 6.45) is 5.42. The average molecular weight is 326 g/mol. The van der Waals surface area contributed by atoms with Crippen molar-refractivity contribution in [3.63, 3.8) is 0 Å². The van der Waals surface area contributed by atoms with Gasteiger partial charge in [0.05, 0.1) is 0 Å². The second-order valence-corrected chi connectivity index (χ2v) is 4.63. The van der Waals surface area contributed by atoms with E-state index in [1.165, 1.54) is 0 Å². The zero-order valence-electron chi connectivity index (χ0n) is 8.81. The number of aromatic nitrogens is 3. The molecule has 0 saturated carbocycles. The lowest BCUT2D eigenvalue weighted by Crippen LogP contribution is -2.03. The lowest BCUT2D eigenvalue weighted by Gasteiger charge is -2.04. The molecule has 0 aliphatic carbocycles. The van der Waals surface area contributed by atoms with Crippen LogP contribution >= 0.6 is 22.6 Å². The Hall–Kier alpha value is -1.24. The molecule has 2 aromatic heterocycles. The minimum absolute atomic E-state index is 0.640. The van der Waals surface area contributed by atoms with Gasteiger partial charge in [0, 0.05) is 34.4 Å². The number of aryl methyl sites for hydroxylation is 1. The number of halogens is 1. The fourth-order valence-corrected chi connectivity index (χ4v) is 1.47. The van der Waals surface area contributed by atoms with Gasteiger partial charge in [0.1, 0.15) is 0 Å². The van der Waals surface area contributed by atoms with Gasteiger partial charge in [-0.15, -0.1) is 0 Å². The molecule has 0 unspecified atom stereocenters. The molecule has 0 amide bonds. The third-order valence-corrected chi connectivity index (χ3v) is 2.60. The molecular weight excluding hydrogens is 315 g/mol. The van der Waals surface area contributed by atoms with Crippen molar-refractivity contribution in [2.24, 2.45) is 0 Å². The van der Waals surface area contributed by atoms with Crippen LogP contribution in [0.3, 0.4) is 0 Å². The predicted octanol–water partition coefficient (Wildman–Crippen LogP) is 2.40. The van der Waals surface area contributed by atoms with E-state index >= 15 is 0 Å². The van der Waals surface area contributed by atoms with Crippen LogP contribution in [0.2, 0.25) is 0 Å². The van der Waals surface area contributed by atoms with Crippen LogP contribution in [0.15, 0.2) is 30.7 Å². The summed E-state index contributed by atoms with van der Waals surface area (Å²) in [7, 11) is 0. The van der Waals surface area contributed by atoms with Crippen molar-refractivity contribution in [3.05, 3.63) is 45.6 Å². The van der Waals surface area contributed by atoms with E-state index in [9.17, 15) is 0 Å². The highest BCUT2D eigenvalue weighted by molar-refractivity contribution is 14.1. The minimum atomic E-state index is 0.640. The summed E-state index contributed by atoms with van der Waals surface area (Å²) < 4.78 is 1.03. The number of pyridine rings is 1. The minimum Gasteiger partial charge on any atom is -0.350 e. The highest BCUT2D eigenvalue weighted by Crippen LogP contribution is 2.05. The maximum Gasteiger partial charge on any atom is 0.222 e. The summed E-state index contributed by atoms with van der Waals surface area (Å²) in [4.78, 5) is 12.5. The van der Waals surface area contributed by atoms with Crippen molar-refractivity contribution in [1.29, 1.82) is 0 Å². The number of nitrogens with zero attached hydrogens (tertiary/aromatic N) is 3. The number of rotatable bonds is 3. The van der Waals surface area contributed by atoms with Crippen molar-refractivity contribution in [2.45, 2.75) is 13.5 Å². The molecule has 0 aromatic carbocycles. The van der Waals surface area contributed by atoms with E-state index in [0.717, 1.165) is 14.8 Å². The SMILES string of the molecule is Cc1ccc(CNc2ncc(I)cn2)cn1. The quantitative estimate of drug-likeness (QED) is 0.880. The molecule has 2 heterocycles. The fraction of sp³-hybridized carbons (Fsp3) is 0.182. The van der Waals surface area contributed by atoms with Crippen molar-refractivity contribution in [1.82, 2.24) is 15.0 Å². The number of hydrogen-bond acceptors (Lipinski definition) is 4. The average Bonchev–Trinajstić information content (AvgIpc) is 2.30. The lowest BCUT2D eigenvalue weighted by atomic mass is 10.2. The van der Waals surface area contributed by atoms with Gasteiger partial charge in [-0.1, -0.05) is 6.07 Å². The van der Waals surface area contributed by atoms with Crippen LogP contribution in [0.4, 0.5) is 5.95 Å². The van der Waals surface area contributed by atoms with Crippen molar-refractivity contribution in [3.8, 4) is 0 Å². The molecule has 82 valence electrons. The highest BCUT2D eigenvalue weighted by Gasteiger charge is 1.96. The molecule has 1 N–H and O–H groups in total. The Balaban J connectivity index is 1.97. The van der Waals surface area contributed by atoms with Gasteiger partial charge in [-0.25, -0.2) is 9.97 Å². The molecule has 0 saturated heterocycles. The summed E-state index contributed by atoms with van der Waals surface area (Å²) in [5.74, 6) is 0.640. The fourth-order valence-electron chi connectivity index (χ4n) is 1.19. The van der Waals surface area contributed by atoms with Crippen LogP contribution in [-0.4, -0.2) is 15.0 Å². The Bertz CT molecular complexity index is 407. The first kappa shape index (κ1) is 11.3. The summed E-state index contributed by atoms with van der Waals surface area (Å²) >= 11 is 2.18. The van der Waals surface area contributed by atoms with E-state index in [0.29, 0.717) is 12.5 Å². The molecule has 5 heteroatoms. The maximum atomic E-state index is 4.22. The van der Waals surface area contributed by atoms with Crippen molar-refractivity contribution in [2.75, 3.05) is 5.32 Å². The predicted molar refractivity (Wildman–Crippen MR) is 71.0 cm³/mol. The molecular formula is C11H11IN4. The molecule has 0 radical (unpaired) electrons. The molecule has 2 rings (SSSR count). The number of hydrogen-bond donors (Lipinski definition) is 1. The zero-order valence-corrected chi connectivity index (χ0v) is 11.0. The van der Waals surface area contributed by atoms with E-state index in [2.05, 4.69) is 42.9 Å². The van der Waals surface area contributed by atoms with E-state index in [1.54, 1.807) is 12.4 Å². The topological polar surface area (TPSA) is 50.7 Å². The third-order valence-electron chi connectivity index (χ3n) is 2.04. The first-order chi connectivity index (χ1) is 7.74. The second-order valence-electron chi connectivity index (χ2n) is 3.39. The first-order valence-electron chi connectivity index (χ1n) is 4.87. The molecule has 16 heavy (non-hydrogen) atoms. The van der Waals surface area contributed by atoms with Gasteiger partial charge >= 0.3 is 0 Å². The standard InChI is InChI=1S/C11H11IN4/c1-8-2-3-9(4-13-8)5-14-11-15-6-10(12)7-16-11/h2-4,6-7H,5H2,1H3,(H,14,15,16). The Morgan fingerprint density at radius 3 is 2.50 bits per heavy atom. The van der Waals surface area contributed by atoms with Crippen LogP contribution in [0.25, 0.3) is 0 Å². The van der Waals surface area contributed by atoms with Crippen molar-refractivity contribution < 1.29 is 0 Å². The summed E-state index contributed by atoms with van der Waals surface area (Å²) in [6.45, 7) is 2.66. The normalized spacial score (nSPS) is 10.1. The Kier molecular flexibility index (Phi) is 3.66. The molecule has 0 aliphatic heterocycles.